The van der Waals surface area contributed by atoms with Crippen LogP contribution < -0.4 is 0 Å². The summed E-state index contributed by atoms with van der Waals surface area (Å²) in [6, 6.07) is 0. The summed E-state index contributed by atoms with van der Waals surface area (Å²) in [6.07, 6.45) is 17.5. The van der Waals surface area contributed by atoms with Crippen LogP contribution in [-0.4, -0.2) is 39.8 Å². The number of allylic oxidation sites excluding steroid dienone is 2. The zero-order valence-corrected chi connectivity index (χ0v) is 27.5. The van der Waals surface area contributed by atoms with E-state index in [1.807, 2.05) is 6.92 Å². The Bertz CT molecular complexity index is 952. The first-order chi connectivity index (χ1) is 20.0. The number of hydrogen-bond donors (Lipinski definition) is 3. The first-order valence-electron chi connectivity index (χ1n) is 16.8. The average molecular weight is 609 g/mol. The van der Waals surface area contributed by atoms with Gasteiger partial charge in [0.15, 0.2) is 8.38 Å². The fraction of sp³-hybridized carbons (Fsp3) is 0.882. The van der Waals surface area contributed by atoms with Gasteiger partial charge in [-0.1, -0.05) is 40.5 Å². The van der Waals surface area contributed by atoms with Crippen molar-refractivity contribution in [3.8, 4) is 0 Å². The molecule has 0 aromatic rings. The van der Waals surface area contributed by atoms with E-state index in [2.05, 4.69) is 20.8 Å². The Hall–Kier alpha value is -1.17. The number of aliphatic hydroxyl groups excluding tert-OH is 1. The normalized spacial score (nSPS) is 36.0. The summed E-state index contributed by atoms with van der Waals surface area (Å²) in [4.78, 5) is 43.4. The van der Waals surface area contributed by atoms with Crippen LogP contribution in [0.4, 0.5) is 0 Å². The van der Waals surface area contributed by atoms with Crippen molar-refractivity contribution in [3.63, 3.8) is 0 Å². The molecule has 0 aromatic carbocycles. The highest BCUT2D eigenvalue weighted by Crippen LogP contribution is 2.68. The van der Waals surface area contributed by atoms with Crippen molar-refractivity contribution in [2.45, 2.75) is 124 Å². The number of ether oxygens (including phenoxy) is 2. The highest BCUT2D eigenvalue weighted by atomic mass is 31.2. The Morgan fingerprint density at radius 3 is 2.29 bits per heavy atom. The molecule has 4 aliphatic rings. The van der Waals surface area contributed by atoms with Gasteiger partial charge in [-0.2, -0.15) is 0 Å². The summed E-state index contributed by atoms with van der Waals surface area (Å²) in [7, 11) is -2.19. The van der Waals surface area contributed by atoms with Crippen LogP contribution >= 0.6 is 8.38 Å². The Balaban J connectivity index is 1.19. The summed E-state index contributed by atoms with van der Waals surface area (Å²) in [6.45, 7) is 8.99. The van der Waals surface area contributed by atoms with E-state index in [1.165, 1.54) is 64.2 Å². The molecule has 0 aromatic heterocycles. The molecule has 0 aliphatic heterocycles. The number of hydrogen-bond acceptors (Lipinski definition) is 7. The van der Waals surface area contributed by atoms with Crippen molar-refractivity contribution in [2.24, 2.45) is 52.3 Å². The summed E-state index contributed by atoms with van der Waals surface area (Å²) in [5.41, 5.74) is 0.946. The van der Waals surface area contributed by atoms with Crippen LogP contribution in [0.15, 0.2) is 11.8 Å². The largest absolute Gasteiger partial charge is 0.512 e. The lowest BCUT2D eigenvalue weighted by Gasteiger charge is -2.61. The minimum Gasteiger partial charge on any atom is -0.512 e. The van der Waals surface area contributed by atoms with Crippen LogP contribution in [0, 0.1) is 52.3 Å². The zero-order chi connectivity index (χ0) is 30.5. The van der Waals surface area contributed by atoms with Crippen molar-refractivity contribution in [1.29, 1.82) is 0 Å². The summed E-state index contributed by atoms with van der Waals surface area (Å²) in [5.74, 6) is 3.35. The van der Waals surface area contributed by atoms with Crippen LogP contribution in [0.2, 0.25) is 0 Å². The molecule has 0 spiro atoms. The maximum Gasteiger partial charge on any atom is 0.308 e. The van der Waals surface area contributed by atoms with Gasteiger partial charge in [-0.15, -0.1) is 0 Å². The number of carbonyl (C=O) groups excluding carboxylic acids is 2. The third-order valence-electron chi connectivity index (χ3n) is 12.5. The van der Waals surface area contributed by atoms with Gasteiger partial charge in [0.05, 0.1) is 5.76 Å². The van der Waals surface area contributed by atoms with Gasteiger partial charge in [-0.3, -0.25) is 9.59 Å². The summed E-state index contributed by atoms with van der Waals surface area (Å²) >= 11 is 0. The van der Waals surface area contributed by atoms with Gasteiger partial charge < -0.3 is 24.4 Å². The maximum absolute atomic E-state index is 12.5. The van der Waals surface area contributed by atoms with Gasteiger partial charge in [0.2, 0.25) is 6.79 Å². The predicted molar refractivity (Wildman–Crippen MR) is 165 cm³/mol. The third-order valence-corrected chi connectivity index (χ3v) is 13.3. The molecule has 3 N–H and O–H groups in total. The van der Waals surface area contributed by atoms with Gasteiger partial charge in [-0.05, 0) is 123 Å². The maximum atomic E-state index is 12.5. The Morgan fingerprint density at radius 2 is 1.60 bits per heavy atom. The third kappa shape index (κ3) is 7.54. The molecule has 0 heterocycles. The first-order valence-corrected chi connectivity index (χ1v) is 18.3. The molecule has 240 valence electrons. The topological polar surface area (TPSA) is 113 Å². The van der Waals surface area contributed by atoms with Crippen LogP contribution in [0.25, 0.3) is 0 Å². The molecule has 42 heavy (non-hydrogen) atoms. The molecule has 4 fully saturated rings. The molecule has 0 saturated heterocycles. The van der Waals surface area contributed by atoms with Crippen molar-refractivity contribution in [1.82, 2.24) is 0 Å². The second-order valence-electron chi connectivity index (χ2n) is 14.6. The minimum atomic E-state index is -2.19. The van der Waals surface area contributed by atoms with Crippen LogP contribution in [0.3, 0.4) is 0 Å². The van der Waals surface area contributed by atoms with E-state index in [-0.39, 0.29) is 30.7 Å². The Kier molecular flexibility index (Phi) is 11.8. The Morgan fingerprint density at radius 1 is 0.905 bits per heavy atom. The van der Waals surface area contributed by atoms with Gasteiger partial charge in [0.1, 0.15) is 0 Å². The van der Waals surface area contributed by atoms with Crippen molar-refractivity contribution < 1.29 is 34.0 Å². The second kappa shape index (κ2) is 14.7. The van der Waals surface area contributed by atoms with Crippen LogP contribution in [-0.2, 0) is 19.1 Å². The van der Waals surface area contributed by atoms with Crippen LogP contribution in [0.5, 0.6) is 0 Å². The number of aliphatic hydroxyl groups is 1. The number of rotatable bonds is 13. The molecule has 7 nitrogen and oxygen atoms in total. The van der Waals surface area contributed by atoms with Crippen molar-refractivity contribution >= 4 is 20.3 Å². The zero-order valence-electron chi connectivity index (χ0n) is 26.6. The van der Waals surface area contributed by atoms with Crippen molar-refractivity contribution in [3.05, 3.63) is 11.8 Å². The molecule has 9 atom stereocenters. The Labute approximate surface area is 255 Å². The summed E-state index contributed by atoms with van der Waals surface area (Å²) in [5, 5.41) is 10.1. The highest BCUT2D eigenvalue weighted by Gasteiger charge is 2.60. The van der Waals surface area contributed by atoms with Gasteiger partial charge in [0, 0.05) is 24.9 Å². The highest BCUT2D eigenvalue weighted by molar-refractivity contribution is 7.45. The van der Waals surface area contributed by atoms with E-state index in [0.29, 0.717) is 35.5 Å². The van der Waals surface area contributed by atoms with Gasteiger partial charge >= 0.3 is 11.9 Å². The molecule has 0 radical (unpaired) electrons. The number of fused-ring (bicyclic) bond motifs is 5. The fourth-order valence-electron chi connectivity index (χ4n) is 10.3. The molecular formula is C34H57O7P. The van der Waals surface area contributed by atoms with E-state index >= 15 is 0 Å². The molecule has 4 rings (SSSR count). The lowest BCUT2D eigenvalue weighted by molar-refractivity contribution is -0.167. The molecule has 8 heteroatoms. The molecule has 0 bridgehead atoms. The van der Waals surface area contributed by atoms with E-state index in [1.54, 1.807) is 6.08 Å². The molecule has 4 saturated carbocycles. The number of esters is 2. The fourth-order valence-corrected chi connectivity index (χ4v) is 11.1. The monoisotopic (exact) mass is 608 g/mol. The SMILES string of the molecule is CC/C=C(\O)C(CCC(=O)OCOC(=O)CC[C@@H](C)C1CCC2C3CCC4CCCCC4(C)C3CCC21C)CP(O)O. The standard InChI is InChI=1S/C34H57O7P/c1-5-8-30(35)24(21-42(38)39)11-17-32(37)41-22-40-31(36)16-10-23(2)27-14-15-28-26-13-12-25-9-6-7-19-33(25,3)29(26)18-20-34(27,28)4/h8,23-29,35,38-39H,5-7,9-22H2,1-4H3/b30-8-/t23-,24?,25?,26?,27?,28?,29?,33?,34?/m1/s1. The molecule has 0 amide bonds. The lowest BCUT2D eigenvalue weighted by atomic mass is 9.44. The second-order valence-corrected chi connectivity index (χ2v) is 15.7. The first kappa shape index (κ1) is 33.7. The van der Waals surface area contributed by atoms with E-state index < -0.39 is 27.1 Å². The van der Waals surface area contributed by atoms with Crippen molar-refractivity contribution in [2.75, 3.05) is 13.0 Å². The summed E-state index contributed by atoms with van der Waals surface area (Å²) < 4.78 is 10.3. The average Bonchev–Trinajstić information content (AvgIpc) is 3.31. The lowest BCUT2D eigenvalue weighted by Crippen LogP contribution is -2.53. The number of carbonyl (C=O) groups is 2. The molecule has 4 aliphatic carbocycles. The van der Waals surface area contributed by atoms with E-state index in [9.17, 15) is 24.5 Å². The minimum absolute atomic E-state index is 0.0000118. The van der Waals surface area contributed by atoms with Crippen LogP contribution in [0.1, 0.15) is 124 Å². The molecule has 8 unspecified atom stereocenters. The van der Waals surface area contributed by atoms with Gasteiger partial charge in [0.25, 0.3) is 0 Å². The van der Waals surface area contributed by atoms with E-state index in [0.717, 1.165) is 30.1 Å². The quantitative estimate of drug-likeness (QED) is 0.0839. The smallest absolute Gasteiger partial charge is 0.308 e. The predicted octanol–water partition coefficient (Wildman–Crippen LogP) is 8.04. The van der Waals surface area contributed by atoms with Gasteiger partial charge in [-0.25, -0.2) is 0 Å². The van der Waals surface area contributed by atoms with E-state index in [4.69, 9.17) is 9.47 Å². The molecular weight excluding hydrogens is 551 g/mol.